The summed E-state index contributed by atoms with van der Waals surface area (Å²) in [4.78, 5) is 25.5. The van der Waals surface area contributed by atoms with E-state index in [1.165, 1.54) is 8.87 Å². The number of ether oxygens (including phenoxy) is 1. The van der Waals surface area contributed by atoms with Gasteiger partial charge in [0.05, 0.1) is 13.4 Å². The minimum Gasteiger partial charge on any atom is -0.496 e. The van der Waals surface area contributed by atoms with Crippen LogP contribution in [0.5, 0.6) is 5.75 Å². The molecule has 1 N–H and O–H groups in total. The Morgan fingerprint density at radius 1 is 1.29 bits per heavy atom. The summed E-state index contributed by atoms with van der Waals surface area (Å²) in [5.41, 5.74) is 1.75. The minimum atomic E-state index is -3.35. The number of hydrogen-bond acceptors (Lipinski definition) is 5. The first-order valence-corrected chi connectivity index (χ1v) is 10.6. The summed E-state index contributed by atoms with van der Waals surface area (Å²) in [6, 6.07) is 7.31. The second-order valence-electron chi connectivity index (χ2n) is 6.77. The van der Waals surface area contributed by atoms with Gasteiger partial charge >= 0.3 is 0 Å². The first-order valence-electron chi connectivity index (χ1n) is 8.79. The molecule has 1 aliphatic rings. The summed E-state index contributed by atoms with van der Waals surface area (Å²) < 4.78 is 31.7. The van der Waals surface area contributed by atoms with Crippen molar-refractivity contribution in [3.63, 3.8) is 0 Å². The van der Waals surface area contributed by atoms with E-state index in [9.17, 15) is 18.0 Å². The highest BCUT2D eigenvalue weighted by atomic mass is 32.2. The molecule has 0 atom stereocenters. The first kappa shape index (κ1) is 20.1. The molecule has 1 aromatic carbocycles. The third kappa shape index (κ3) is 3.95. The molecule has 0 saturated heterocycles. The van der Waals surface area contributed by atoms with E-state index < -0.39 is 21.5 Å². The van der Waals surface area contributed by atoms with Crippen LogP contribution in [0.1, 0.15) is 27.0 Å². The molecule has 1 aliphatic heterocycles. The van der Waals surface area contributed by atoms with E-state index in [4.69, 9.17) is 4.74 Å². The molecule has 0 aliphatic carbocycles. The van der Waals surface area contributed by atoms with Crippen LogP contribution in [0.15, 0.2) is 35.3 Å². The zero-order valence-corrected chi connectivity index (χ0v) is 16.9. The number of rotatable bonds is 5. The number of aryl methyl sites for hydroxylation is 1. The molecule has 2 aromatic rings. The van der Waals surface area contributed by atoms with Crippen LogP contribution in [0.25, 0.3) is 0 Å². The van der Waals surface area contributed by atoms with Crippen molar-refractivity contribution < 1.29 is 17.9 Å². The zero-order valence-electron chi connectivity index (χ0n) is 16.1. The van der Waals surface area contributed by atoms with E-state index >= 15 is 0 Å². The van der Waals surface area contributed by atoms with Crippen LogP contribution in [0, 0.1) is 0 Å². The Morgan fingerprint density at radius 2 is 2.00 bits per heavy atom. The average Bonchev–Trinajstić information content (AvgIpc) is 2.66. The minimum absolute atomic E-state index is 0.0723. The van der Waals surface area contributed by atoms with Crippen molar-refractivity contribution in [3.8, 4) is 5.75 Å². The van der Waals surface area contributed by atoms with Gasteiger partial charge in [0.15, 0.2) is 0 Å². The molecule has 0 bridgehead atoms. The van der Waals surface area contributed by atoms with Crippen LogP contribution in [-0.4, -0.2) is 43.1 Å². The van der Waals surface area contributed by atoms with E-state index in [1.807, 2.05) is 18.2 Å². The number of methoxy groups -OCH3 is 1. The zero-order chi connectivity index (χ0) is 20.5. The fraction of sp³-hybridized carbons (Fsp3) is 0.368. The number of amides is 1. The summed E-state index contributed by atoms with van der Waals surface area (Å²) >= 11 is 0. The van der Waals surface area contributed by atoms with Crippen LogP contribution in [0.4, 0.5) is 0 Å². The highest BCUT2D eigenvalue weighted by Crippen LogP contribution is 2.22. The monoisotopic (exact) mass is 405 g/mol. The molecule has 9 heteroatoms. The van der Waals surface area contributed by atoms with E-state index in [0.29, 0.717) is 23.3 Å². The summed E-state index contributed by atoms with van der Waals surface area (Å²) in [7, 11) is -0.239. The molecule has 0 unspecified atom stereocenters. The molecule has 0 spiro atoms. The van der Waals surface area contributed by atoms with Gasteiger partial charge in [-0.15, -0.1) is 0 Å². The van der Waals surface area contributed by atoms with Gasteiger partial charge in [-0.3, -0.25) is 9.59 Å². The van der Waals surface area contributed by atoms with Gasteiger partial charge in [-0.05, 0) is 23.6 Å². The Kier molecular flexibility index (Phi) is 5.57. The number of sulfonamides is 1. The Hall–Kier alpha value is -2.65. The molecule has 0 fully saturated rings. The average molecular weight is 405 g/mol. The Balaban J connectivity index is 1.91. The van der Waals surface area contributed by atoms with Crippen LogP contribution >= 0.6 is 0 Å². The molecule has 28 heavy (non-hydrogen) atoms. The molecular weight excluding hydrogens is 382 g/mol. The number of carbonyl (C=O) groups is 1. The molecule has 150 valence electrons. The topological polar surface area (TPSA) is 97.7 Å². The van der Waals surface area contributed by atoms with Gasteiger partial charge in [0.25, 0.3) is 11.5 Å². The second kappa shape index (κ2) is 7.76. The number of benzene rings is 1. The smallest absolute Gasteiger partial charge is 0.263 e. The van der Waals surface area contributed by atoms with Gasteiger partial charge in [0.2, 0.25) is 10.0 Å². The van der Waals surface area contributed by atoms with E-state index in [0.717, 1.165) is 11.8 Å². The number of fused-ring (bicyclic) bond motifs is 1. The van der Waals surface area contributed by atoms with Crippen molar-refractivity contribution in [2.24, 2.45) is 7.05 Å². The number of nitrogens with zero attached hydrogens (tertiary/aromatic N) is 2. The normalized spacial score (nSPS) is 14.4. The molecular formula is C19H23N3O5S. The Labute approximate surface area is 163 Å². The predicted octanol–water partition coefficient (Wildman–Crippen LogP) is 0.642. The number of carbonyl (C=O) groups excluding carboxylic acids is 1. The van der Waals surface area contributed by atoms with Crippen LogP contribution < -0.4 is 15.6 Å². The van der Waals surface area contributed by atoms with Crippen molar-refractivity contribution in [1.29, 1.82) is 0 Å². The Morgan fingerprint density at radius 3 is 2.68 bits per heavy atom. The van der Waals surface area contributed by atoms with Crippen LogP contribution in [-0.2, 0) is 36.6 Å². The number of pyridine rings is 1. The highest BCUT2D eigenvalue weighted by Gasteiger charge is 2.28. The maximum atomic E-state index is 12.8. The number of hydrogen-bond donors (Lipinski definition) is 1. The SMILES string of the molecule is COc1ccccc1CNC(=O)c1c2c(cn(C)c1=O)CN(S(C)(=O)=O)CC2. The summed E-state index contributed by atoms with van der Waals surface area (Å²) in [6.45, 7) is 0.603. The van der Waals surface area contributed by atoms with Gasteiger partial charge < -0.3 is 14.6 Å². The predicted molar refractivity (Wildman–Crippen MR) is 105 cm³/mol. The maximum absolute atomic E-state index is 12.8. The maximum Gasteiger partial charge on any atom is 0.263 e. The molecule has 0 radical (unpaired) electrons. The number of aromatic nitrogens is 1. The van der Waals surface area contributed by atoms with E-state index in [1.54, 1.807) is 26.4 Å². The van der Waals surface area contributed by atoms with Gasteiger partial charge in [-0.2, -0.15) is 4.31 Å². The molecule has 0 saturated carbocycles. The largest absolute Gasteiger partial charge is 0.496 e. The summed E-state index contributed by atoms with van der Waals surface area (Å²) in [6.07, 6.45) is 3.07. The molecule has 3 rings (SSSR count). The van der Waals surface area contributed by atoms with E-state index in [2.05, 4.69) is 5.32 Å². The van der Waals surface area contributed by atoms with Crippen molar-refractivity contribution in [2.75, 3.05) is 19.9 Å². The molecule has 1 amide bonds. The quantitative estimate of drug-likeness (QED) is 0.787. The van der Waals surface area contributed by atoms with Gasteiger partial charge in [-0.1, -0.05) is 18.2 Å². The van der Waals surface area contributed by atoms with Gasteiger partial charge in [-0.25, -0.2) is 8.42 Å². The lowest BCUT2D eigenvalue weighted by Gasteiger charge is -2.28. The van der Waals surface area contributed by atoms with Crippen molar-refractivity contribution in [1.82, 2.24) is 14.2 Å². The lowest BCUT2D eigenvalue weighted by atomic mass is 9.97. The molecule has 2 heterocycles. The lowest BCUT2D eigenvalue weighted by molar-refractivity contribution is 0.0947. The molecule has 8 nitrogen and oxygen atoms in total. The number of nitrogens with one attached hydrogen (secondary N) is 1. The summed E-state index contributed by atoms with van der Waals surface area (Å²) in [5, 5.41) is 2.79. The second-order valence-corrected chi connectivity index (χ2v) is 8.75. The fourth-order valence-electron chi connectivity index (χ4n) is 3.39. The third-order valence-electron chi connectivity index (χ3n) is 4.86. The van der Waals surface area contributed by atoms with Crippen molar-refractivity contribution in [2.45, 2.75) is 19.5 Å². The van der Waals surface area contributed by atoms with Gasteiger partial charge in [0.1, 0.15) is 11.3 Å². The standard InChI is InChI=1S/C19H23N3O5S/c1-21-11-14-12-22(28(3,25)26)9-8-15(14)17(19(21)24)18(23)20-10-13-6-4-5-7-16(13)27-2/h4-7,11H,8-10,12H2,1-3H3,(H,20,23). The Bertz CT molecular complexity index is 1080. The fourth-order valence-corrected chi connectivity index (χ4v) is 4.19. The van der Waals surface area contributed by atoms with Gasteiger partial charge in [0, 0.05) is 38.4 Å². The van der Waals surface area contributed by atoms with Crippen molar-refractivity contribution >= 4 is 15.9 Å². The summed E-state index contributed by atoms with van der Waals surface area (Å²) in [5.74, 6) is 0.172. The lowest BCUT2D eigenvalue weighted by Crippen LogP contribution is -2.40. The number of para-hydroxylation sites is 1. The first-order chi connectivity index (χ1) is 13.2. The van der Waals surface area contributed by atoms with Crippen molar-refractivity contribution in [3.05, 3.63) is 63.1 Å². The highest BCUT2D eigenvalue weighted by molar-refractivity contribution is 7.88. The van der Waals surface area contributed by atoms with E-state index in [-0.39, 0.29) is 25.2 Å². The molecule has 1 aromatic heterocycles. The van der Waals surface area contributed by atoms with Crippen LogP contribution in [0.2, 0.25) is 0 Å². The van der Waals surface area contributed by atoms with Crippen LogP contribution in [0.3, 0.4) is 0 Å². The third-order valence-corrected chi connectivity index (χ3v) is 6.11.